The summed E-state index contributed by atoms with van der Waals surface area (Å²) in [5.41, 5.74) is 2.46. The number of carbonyl (C=O) groups excluding carboxylic acids is 1. The van der Waals surface area contributed by atoms with Gasteiger partial charge in [0.05, 0.1) is 5.92 Å². The summed E-state index contributed by atoms with van der Waals surface area (Å²) in [6.45, 7) is 11.7. The fourth-order valence-electron chi connectivity index (χ4n) is 2.91. The van der Waals surface area contributed by atoms with Crippen molar-refractivity contribution in [3.05, 3.63) is 35.4 Å². The van der Waals surface area contributed by atoms with Crippen molar-refractivity contribution in [3.63, 3.8) is 0 Å². The summed E-state index contributed by atoms with van der Waals surface area (Å²) >= 11 is 0. The molecule has 0 saturated heterocycles. The van der Waals surface area contributed by atoms with E-state index in [-0.39, 0.29) is 11.8 Å². The van der Waals surface area contributed by atoms with Crippen LogP contribution in [0.1, 0.15) is 77.3 Å². The zero-order chi connectivity index (χ0) is 17.2. The summed E-state index contributed by atoms with van der Waals surface area (Å²) in [5, 5.41) is 3.15. The van der Waals surface area contributed by atoms with Gasteiger partial charge in [-0.15, -0.1) is 0 Å². The molecule has 2 nitrogen and oxygen atoms in total. The first-order valence-electron chi connectivity index (χ1n) is 9.34. The lowest BCUT2D eigenvalue weighted by Crippen LogP contribution is -2.32. The van der Waals surface area contributed by atoms with E-state index in [0.29, 0.717) is 11.8 Å². The summed E-state index contributed by atoms with van der Waals surface area (Å²) in [5.74, 6) is 1.35. The number of hydrogen-bond donors (Lipinski definition) is 1. The molecule has 0 heterocycles. The van der Waals surface area contributed by atoms with Gasteiger partial charge in [0.25, 0.3) is 0 Å². The van der Waals surface area contributed by atoms with Crippen LogP contribution in [0.3, 0.4) is 0 Å². The van der Waals surface area contributed by atoms with Crippen LogP contribution < -0.4 is 5.32 Å². The van der Waals surface area contributed by atoms with Crippen LogP contribution in [0.4, 0.5) is 0 Å². The van der Waals surface area contributed by atoms with Gasteiger partial charge >= 0.3 is 0 Å². The van der Waals surface area contributed by atoms with Crippen molar-refractivity contribution < 1.29 is 4.79 Å². The molecular weight excluding hydrogens is 282 g/mol. The Labute approximate surface area is 143 Å². The maximum atomic E-state index is 12.4. The van der Waals surface area contributed by atoms with Crippen LogP contribution in [0.25, 0.3) is 0 Å². The van der Waals surface area contributed by atoms with Gasteiger partial charge in [0.1, 0.15) is 0 Å². The van der Waals surface area contributed by atoms with Crippen molar-refractivity contribution in [2.75, 3.05) is 6.54 Å². The molecule has 0 fully saturated rings. The van der Waals surface area contributed by atoms with Crippen LogP contribution >= 0.6 is 0 Å². The van der Waals surface area contributed by atoms with E-state index in [1.807, 2.05) is 6.92 Å². The molecule has 0 saturated carbocycles. The molecule has 0 radical (unpaired) electrons. The zero-order valence-electron chi connectivity index (χ0n) is 15.7. The van der Waals surface area contributed by atoms with E-state index in [2.05, 4.69) is 57.3 Å². The summed E-state index contributed by atoms with van der Waals surface area (Å²) in [6.07, 6.45) is 5.92. The van der Waals surface area contributed by atoms with E-state index in [4.69, 9.17) is 0 Å². The quantitative estimate of drug-likeness (QED) is 0.621. The van der Waals surface area contributed by atoms with E-state index in [1.165, 1.54) is 24.8 Å². The van der Waals surface area contributed by atoms with Gasteiger partial charge in [-0.1, -0.05) is 71.2 Å². The van der Waals surface area contributed by atoms with E-state index in [0.717, 1.165) is 24.9 Å². The predicted molar refractivity (Wildman–Crippen MR) is 99.7 cm³/mol. The Bertz CT molecular complexity index is 449. The van der Waals surface area contributed by atoms with Crippen molar-refractivity contribution in [1.82, 2.24) is 5.32 Å². The molecule has 0 bridgehead atoms. The molecule has 23 heavy (non-hydrogen) atoms. The van der Waals surface area contributed by atoms with Gasteiger partial charge in [-0.05, 0) is 42.7 Å². The number of rotatable bonds is 10. The molecule has 2 atom stereocenters. The predicted octanol–water partition coefficient (Wildman–Crippen LogP) is 5.32. The van der Waals surface area contributed by atoms with E-state index >= 15 is 0 Å². The normalized spacial score (nSPS) is 13.8. The molecule has 0 aromatic heterocycles. The Morgan fingerprint density at radius 2 is 1.74 bits per heavy atom. The minimum atomic E-state index is -0.0771. The van der Waals surface area contributed by atoms with Crippen LogP contribution in [-0.2, 0) is 11.2 Å². The average Bonchev–Trinajstić information content (AvgIpc) is 2.54. The third-order valence-electron chi connectivity index (χ3n) is 4.63. The minimum absolute atomic E-state index is 0.0771. The second-order valence-electron chi connectivity index (χ2n) is 7.22. The summed E-state index contributed by atoms with van der Waals surface area (Å²) in [6, 6.07) is 8.54. The van der Waals surface area contributed by atoms with Crippen LogP contribution in [0.2, 0.25) is 0 Å². The Kier molecular flexibility index (Phi) is 8.98. The lowest BCUT2D eigenvalue weighted by atomic mass is 9.95. The molecule has 1 aromatic carbocycles. The molecule has 0 aliphatic carbocycles. The summed E-state index contributed by atoms with van der Waals surface area (Å²) in [4.78, 5) is 12.4. The van der Waals surface area contributed by atoms with Crippen molar-refractivity contribution in [1.29, 1.82) is 0 Å². The Morgan fingerprint density at radius 3 is 2.26 bits per heavy atom. The Morgan fingerprint density at radius 1 is 1.09 bits per heavy atom. The largest absolute Gasteiger partial charge is 0.355 e. The topological polar surface area (TPSA) is 29.1 Å². The number of hydrogen-bond acceptors (Lipinski definition) is 1. The first kappa shape index (κ1) is 19.7. The highest BCUT2D eigenvalue weighted by Crippen LogP contribution is 2.18. The number of nitrogens with one attached hydrogen (secondary N) is 1. The molecule has 1 N–H and O–H groups in total. The number of unbranched alkanes of at least 4 members (excludes halogenated alkanes) is 1. The van der Waals surface area contributed by atoms with Gasteiger partial charge in [0.15, 0.2) is 0 Å². The van der Waals surface area contributed by atoms with Crippen molar-refractivity contribution in [3.8, 4) is 0 Å². The molecule has 2 unspecified atom stereocenters. The van der Waals surface area contributed by atoms with Crippen LogP contribution in [0.5, 0.6) is 0 Å². The molecule has 0 aliphatic heterocycles. The van der Waals surface area contributed by atoms with Gasteiger partial charge in [0, 0.05) is 6.54 Å². The van der Waals surface area contributed by atoms with E-state index in [9.17, 15) is 4.79 Å². The first-order valence-corrected chi connectivity index (χ1v) is 9.34. The molecule has 1 amide bonds. The zero-order valence-corrected chi connectivity index (χ0v) is 15.7. The second-order valence-corrected chi connectivity index (χ2v) is 7.22. The highest BCUT2D eigenvalue weighted by atomic mass is 16.1. The molecule has 1 aromatic rings. The third kappa shape index (κ3) is 7.20. The number of amides is 1. The Balaban J connectivity index is 2.52. The van der Waals surface area contributed by atoms with Crippen LogP contribution in [-0.4, -0.2) is 12.5 Å². The highest BCUT2D eigenvalue weighted by Gasteiger charge is 2.16. The molecular formula is C21H35NO. The minimum Gasteiger partial charge on any atom is -0.355 e. The number of carbonyl (C=O) groups is 1. The van der Waals surface area contributed by atoms with Crippen LogP contribution in [0.15, 0.2) is 24.3 Å². The maximum Gasteiger partial charge on any atom is 0.227 e. The monoisotopic (exact) mass is 317 g/mol. The molecule has 130 valence electrons. The van der Waals surface area contributed by atoms with Gasteiger partial charge in [-0.3, -0.25) is 4.79 Å². The van der Waals surface area contributed by atoms with Gasteiger partial charge < -0.3 is 5.32 Å². The molecule has 0 spiro atoms. The van der Waals surface area contributed by atoms with E-state index < -0.39 is 0 Å². The van der Waals surface area contributed by atoms with Crippen molar-refractivity contribution >= 4 is 5.91 Å². The fourth-order valence-corrected chi connectivity index (χ4v) is 2.91. The highest BCUT2D eigenvalue weighted by molar-refractivity contribution is 5.83. The average molecular weight is 318 g/mol. The lowest BCUT2D eigenvalue weighted by Gasteiger charge is -2.18. The smallest absolute Gasteiger partial charge is 0.227 e. The third-order valence-corrected chi connectivity index (χ3v) is 4.63. The molecule has 2 heteroatoms. The first-order chi connectivity index (χ1) is 11.0. The summed E-state index contributed by atoms with van der Waals surface area (Å²) in [7, 11) is 0. The number of benzene rings is 1. The van der Waals surface area contributed by atoms with E-state index in [1.54, 1.807) is 0 Å². The van der Waals surface area contributed by atoms with Gasteiger partial charge in [0.2, 0.25) is 5.91 Å². The summed E-state index contributed by atoms with van der Waals surface area (Å²) < 4.78 is 0. The molecule has 0 aliphatic rings. The second kappa shape index (κ2) is 10.5. The maximum absolute atomic E-state index is 12.4. The van der Waals surface area contributed by atoms with Crippen molar-refractivity contribution in [2.45, 2.75) is 72.6 Å². The Hall–Kier alpha value is -1.31. The van der Waals surface area contributed by atoms with Gasteiger partial charge in [-0.25, -0.2) is 0 Å². The SMILES string of the molecule is CCCCC(CC)CNC(=O)C(C)c1ccc(CC(C)C)cc1. The standard InChI is InChI=1S/C21H35NO/c1-6-8-9-18(7-2)15-22-21(23)17(5)20-12-10-19(11-13-20)14-16(3)4/h10-13,16-18H,6-9,14-15H2,1-5H3,(H,22,23). The van der Waals surface area contributed by atoms with Crippen LogP contribution in [0, 0.1) is 11.8 Å². The van der Waals surface area contributed by atoms with Gasteiger partial charge in [-0.2, -0.15) is 0 Å². The molecule has 1 rings (SSSR count). The van der Waals surface area contributed by atoms with Crippen molar-refractivity contribution in [2.24, 2.45) is 11.8 Å². The fraction of sp³-hybridized carbons (Fsp3) is 0.667. The lowest BCUT2D eigenvalue weighted by molar-refractivity contribution is -0.122.